The second kappa shape index (κ2) is 28.9. The van der Waals surface area contributed by atoms with E-state index in [1.165, 1.54) is 24.3 Å². The zero-order valence-corrected chi connectivity index (χ0v) is 56.1. The number of nitrogens with zero attached hydrogens (tertiary/aromatic N) is 9. The molecule has 88 heavy (non-hydrogen) atoms. The highest BCUT2D eigenvalue weighted by Crippen LogP contribution is 2.37. The number of esters is 2. The maximum atomic E-state index is 13.8. The van der Waals surface area contributed by atoms with Crippen LogP contribution >= 0.6 is 47.2 Å². The molecule has 4 fully saturated rings. The minimum absolute atomic E-state index is 0. The highest BCUT2D eigenvalue weighted by atomic mass is 35.5. The normalized spacial score (nSPS) is 17.5. The van der Waals surface area contributed by atoms with Crippen molar-refractivity contribution in [3.63, 3.8) is 0 Å². The Morgan fingerprint density at radius 3 is 1.48 bits per heavy atom. The number of rotatable bonds is 15. The van der Waals surface area contributed by atoms with Gasteiger partial charge in [-0.1, -0.05) is 34.8 Å². The van der Waals surface area contributed by atoms with E-state index in [-0.39, 0.29) is 76.3 Å². The van der Waals surface area contributed by atoms with Crippen molar-refractivity contribution in [2.24, 2.45) is 11.8 Å². The monoisotopic (exact) mass is 1330 g/mol. The topological polar surface area (TPSA) is 261 Å². The maximum Gasteiger partial charge on any atom is 0.306 e. The fraction of sp³-hybridized carbons (Fsp3) is 0.533. The van der Waals surface area contributed by atoms with E-state index in [9.17, 15) is 36.0 Å². The van der Waals surface area contributed by atoms with Gasteiger partial charge in [-0.15, -0.1) is 12.4 Å². The number of ether oxygens (including phenoxy) is 2. The number of aromatic nitrogens is 6. The number of likely N-dealkylation sites (tertiary alicyclic amines) is 2. The molecule has 480 valence electrons. The number of piperidine rings is 2. The number of carbonyl (C=O) groups is 4. The summed E-state index contributed by atoms with van der Waals surface area (Å²) in [6, 6.07) is 12.3. The molecule has 4 aromatic heterocycles. The van der Waals surface area contributed by atoms with E-state index in [0.717, 1.165) is 113 Å². The van der Waals surface area contributed by atoms with Gasteiger partial charge in [0.25, 0.3) is 11.8 Å². The molecule has 4 saturated heterocycles. The molecular weight excluding hydrogens is 1250 g/mol. The zero-order chi connectivity index (χ0) is 63.3. The molecule has 2 atom stereocenters. The van der Waals surface area contributed by atoms with Gasteiger partial charge >= 0.3 is 11.9 Å². The molecule has 10 rings (SSSR count). The first-order valence-electron chi connectivity index (χ1n) is 29.2. The van der Waals surface area contributed by atoms with E-state index in [0.29, 0.717) is 70.0 Å². The lowest BCUT2D eigenvalue weighted by molar-refractivity contribution is -0.156. The van der Waals surface area contributed by atoms with Gasteiger partial charge in [0.15, 0.2) is 11.3 Å². The molecule has 0 saturated carbocycles. The van der Waals surface area contributed by atoms with Crippen LogP contribution < -0.4 is 19.7 Å². The third-order valence-corrected chi connectivity index (χ3v) is 16.9. The Morgan fingerprint density at radius 2 is 1.06 bits per heavy atom. The molecule has 0 unspecified atom stereocenters. The second-order valence-corrected chi connectivity index (χ2v) is 29.6. The first-order chi connectivity index (χ1) is 40.8. The number of halogens is 4. The third kappa shape index (κ3) is 19.0. The maximum absolute atomic E-state index is 13.8. The van der Waals surface area contributed by atoms with E-state index < -0.39 is 25.6 Å². The number of amides is 2. The Labute approximate surface area is 536 Å². The highest BCUT2D eigenvalue weighted by molar-refractivity contribution is 7.92. The van der Waals surface area contributed by atoms with Crippen LogP contribution in [-0.4, -0.2) is 143 Å². The van der Waals surface area contributed by atoms with Gasteiger partial charge in [0.2, 0.25) is 20.0 Å². The zero-order valence-electron chi connectivity index (χ0n) is 51.4. The summed E-state index contributed by atoms with van der Waals surface area (Å²) in [5, 5.41) is 13.7. The number of sulfonamides is 2. The fourth-order valence-electron chi connectivity index (χ4n) is 10.8. The van der Waals surface area contributed by atoms with Crippen LogP contribution in [-0.2, 0) is 39.1 Å². The number of anilines is 3. The van der Waals surface area contributed by atoms with Crippen molar-refractivity contribution in [1.82, 2.24) is 44.3 Å². The summed E-state index contributed by atoms with van der Waals surface area (Å²) in [6.45, 7) is 20.0. The molecule has 8 heterocycles. The van der Waals surface area contributed by atoms with Crippen molar-refractivity contribution in [3.05, 3.63) is 110 Å². The van der Waals surface area contributed by atoms with Crippen LogP contribution in [0.15, 0.2) is 60.9 Å². The Morgan fingerprint density at radius 1 is 0.625 bits per heavy atom. The predicted octanol–water partition coefficient (Wildman–Crippen LogP) is 10.8. The van der Waals surface area contributed by atoms with Gasteiger partial charge in [-0.05, 0) is 168 Å². The smallest absolute Gasteiger partial charge is 0.306 e. The second-order valence-electron chi connectivity index (χ2n) is 24.9. The van der Waals surface area contributed by atoms with Crippen molar-refractivity contribution in [3.8, 4) is 0 Å². The van der Waals surface area contributed by atoms with Crippen LogP contribution in [0.2, 0.25) is 15.2 Å². The van der Waals surface area contributed by atoms with Crippen LogP contribution in [0.5, 0.6) is 0 Å². The van der Waals surface area contributed by atoms with Crippen LogP contribution in [0.25, 0.3) is 11.3 Å². The highest BCUT2D eigenvalue weighted by Gasteiger charge is 2.36. The number of nitrogens with one attached hydrogen (secondary N) is 3. The first-order valence-corrected chi connectivity index (χ1v) is 34.1. The van der Waals surface area contributed by atoms with Crippen LogP contribution in [0, 0.1) is 25.7 Å². The summed E-state index contributed by atoms with van der Waals surface area (Å²) < 4.78 is 66.4. The molecule has 6 aromatic rings. The SMILES string of the molecule is CC(C)(C)OC(=O)CCC1CNC1.Cc1cn2nc([C@@H]3CCCCN3C(=O)c3cc(Cl)ccc3NS(C)(=O)=O)cc2nc1Cl.Cc1cn2nc([C@@H]3CCCCN3C(=O)c3cc(Cl)ccc3NS(C)(=O)=O)cc2nc1N1CC(CCC(=O)OC(C)(C)C)C1.Cl. The number of hydrogen-bond acceptors (Lipinski definition) is 16. The van der Waals surface area contributed by atoms with Crippen LogP contribution in [0.1, 0.15) is 161 Å². The number of benzene rings is 2. The standard InChI is InChI=1S/C30H39ClN6O5S.C20H21Cl2N5O3S.C10H19NO2.ClH/c1-19-16-37-26(32-28(19)35-17-20(18-35)9-12-27(38)42-30(2,3)4)15-24(33-37)25-8-6-7-13-36(25)29(39)22-14-21(31)10-11-23(22)34-43(5,40)41;1-12-11-27-18(23-19(12)22)10-16(24-27)17-5-3-4-8-26(17)20(28)14-9-13(21)6-7-15(14)25-31(2,29)30;1-10(2,3)13-9(12)5-4-8-6-11-7-8;/h10-11,14-16,20,25,34H,6-9,12-13,17-18H2,1-5H3;6-7,9-11,17,25H,3-5,8H2,1-2H3;8,11H,4-7H2,1-3H3;1H/t25-;17-;;/m00../s1. The quantitative estimate of drug-likeness (QED) is 0.0637. The number of carbonyl (C=O) groups excluding carboxylic acids is 4. The molecule has 0 radical (unpaired) electrons. The van der Waals surface area contributed by atoms with Crippen molar-refractivity contribution < 1.29 is 45.5 Å². The Hall–Kier alpha value is -6.02. The summed E-state index contributed by atoms with van der Waals surface area (Å²) >= 11 is 18.5. The molecule has 3 N–H and O–H groups in total. The molecule has 2 amide bonds. The summed E-state index contributed by atoms with van der Waals surface area (Å²) in [5.74, 6) is 1.13. The van der Waals surface area contributed by atoms with Crippen molar-refractivity contribution in [2.45, 2.75) is 143 Å². The van der Waals surface area contributed by atoms with Crippen molar-refractivity contribution >= 4 is 119 Å². The van der Waals surface area contributed by atoms with E-state index in [2.05, 4.69) is 29.7 Å². The van der Waals surface area contributed by atoms with Crippen LogP contribution in [0.3, 0.4) is 0 Å². The van der Waals surface area contributed by atoms with Gasteiger partial charge in [0, 0.05) is 84.7 Å². The lowest BCUT2D eigenvalue weighted by atomic mass is 9.94. The number of aryl methyl sites for hydroxylation is 2. The molecule has 22 nitrogen and oxygen atoms in total. The van der Waals surface area contributed by atoms with Crippen molar-refractivity contribution in [2.75, 3.05) is 66.1 Å². The van der Waals surface area contributed by atoms with E-state index >= 15 is 0 Å². The van der Waals surface area contributed by atoms with Gasteiger partial charge in [0.1, 0.15) is 22.2 Å². The minimum atomic E-state index is -3.60. The van der Waals surface area contributed by atoms with Gasteiger partial charge in [-0.3, -0.25) is 28.6 Å². The summed E-state index contributed by atoms with van der Waals surface area (Å²) in [5.41, 5.74) is 4.49. The summed E-state index contributed by atoms with van der Waals surface area (Å²) in [4.78, 5) is 65.7. The summed E-state index contributed by atoms with van der Waals surface area (Å²) in [7, 11) is -7.17. The van der Waals surface area contributed by atoms with Gasteiger partial charge in [0.05, 0.1) is 58.5 Å². The predicted molar refractivity (Wildman–Crippen MR) is 345 cm³/mol. The minimum Gasteiger partial charge on any atom is -0.460 e. The Bertz CT molecular complexity index is 3710. The Kier molecular flexibility index (Phi) is 22.8. The number of hydrogen-bond donors (Lipinski definition) is 3. The Balaban J connectivity index is 0.000000213. The van der Waals surface area contributed by atoms with Gasteiger partial charge in [-0.2, -0.15) is 10.2 Å². The molecule has 28 heteroatoms. The third-order valence-electron chi connectivity index (χ3n) is 14.9. The van der Waals surface area contributed by atoms with Gasteiger partial charge < -0.3 is 29.5 Å². The lowest BCUT2D eigenvalue weighted by Crippen LogP contribution is -2.47. The first kappa shape index (κ1) is 69.5. The molecule has 2 aromatic carbocycles. The van der Waals surface area contributed by atoms with E-state index in [1.807, 2.05) is 73.7 Å². The van der Waals surface area contributed by atoms with Gasteiger partial charge in [-0.25, -0.2) is 35.8 Å². The molecule has 0 bridgehead atoms. The average Bonchev–Trinajstić information content (AvgIpc) is 1.61. The summed E-state index contributed by atoms with van der Waals surface area (Å²) in [6.07, 6.45) is 13.6. The fourth-order valence-corrected chi connectivity index (χ4v) is 12.5. The number of fused-ring (bicyclic) bond motifs is 2. The van der Waals surface area contributed by atoms with E-state index in [1.54, 1.807) is 37.2 Å². The van der Waals surface area contributed by atoms with Crippen molar-refractivity contribution in [1.29, 1.82) is 0 Å². The van der Waals surface area contributed by atoms with Crippen LogP contribution in [0.4, 0.5) is 17.2 Å². The van der Waals surface area contributed by atoms with E-state index in [4.69, 9.17) is 54.4 Å². The lowest BCUT2D eigenvalue weighted by Gasteiger charge is -2.41. The molecule has 4 aliphatic heterocycles. The molecule has 4 aliphatic rings. The molecule has 0 spiro atoms. The largest absolute Gasteiger partial charge is 0.460 e. The average molecular weight is 1340 g/mol. The molecular formula is C60H80Cl4N12O10S2. The molecule has 0 aliphatic carbocycles.